The van der Waals surface area contributed by atoms with E-state index in [-0.39, 0.29) is 41.8 Å². The Morgan fingerprint density at radius 3 is 2.66 bits per heavy atom. The minimum atomic E-state index is -4.75. The molecule has 2 aliphatic heterocycles. The molecule has 5 rings (SSSR count). The van der Waals surface area contributed by atoms with Crippen molar-refractivity contribution in [1.82, 2.24) is 0 Å². The Labute approximate surface area is 239 Å². The van der Waals surface area contributed by atoms with Gasteiger partial charge in [0.05, 0.1) is 18.2 Å². The average Bonchev–Trinajstić information content (AvgIpc) is 3.45. The molecule has 0 spiro atoms. The van der Waals surface area contributed by atoms with Gasteiger partial charge in [-0.1, -0.05) is 44.5 Å². The summed E-state index contributed by atoms with van der Waals surface area (Å²) in [4.78, 5) is 34.9. The van der Waals surface area contributed by atoms with Crippen LogP contribution in [0, 0.1) is 29.6 Å². The van der Waals surface area contributed by atoms with Crippen molar-refractivity contribution in [3.05, 3.63) is 46.7 Å². The van der Waals surface area contributed by atoms with Gasteiger partial charge < -0.3 is 9.47 Å². The summed E-state index contributed by atoms with van der Waals surface area (Å²) in [6.07, 6.45) is 3.52. The number of nitrogens with zero attached hydrogens (tertiary/aromatic N) is 2. The number of carbonyl (C=O) groups is 2. The van der Waals surface area contributed by atoms with Crippen molar-refractivity contribution in [2.24, 2.45) is 39.6 Å². The largest absolute Gasteiger partial charge is 0.481 e. The fourth-order valence-electron chi connectivity index (χ4n) is 7.55. The Kier molecular flexibility index (Phi) is 8.44. The van der Waals surface area contributed by atoms with E-state index < -0.39 is 29.4 Å². The predicted molar refractivity (Wildman–Crippen MR) is 150 cm³/mol. The van der Waals surface area contributed by atoms with Crippen LogP contribution in [0.5, 0.6) is 0 Å². The molecule has 1 aromatic carbocycles. The van der Waals surface area contributed by atoms with E-state index in [9.17, 15) is 22.8 Å². The van der Waals surface area contributed by atoms with Crippen LogP contribution >= 0.6 is 0 Å². The molecule has 2 saturated carbocycles. The number of carbonyl (C=O) groups excluding carboxylic acids is 2. The molecule has 41 heavy (non-hydrogen) atoms. The second-order valence-corrected chi connectivity index (χ2v) is 12.0. The number of ether oxygens (including phenoxy) is 2. The number of esters is 1. The van der Waals surface area contributed by atoms with Gasteiger partial charge in [-0.05, 0) is 62.3 Å². The summed E-state index contributed by atoms with van der Waals surface area (Å²) in [7, 11) is 0. The topological polar surface area (TPSA) is 77.3 Å². The molecule has 0 N–H and O–H groups in total. The molecule has 7 unspecified atom stereocenters. The number of allylic oxidation sites excluding steroid dienone is 1. The summed E-state index contributed by atoms with van der Waals surface area (Å²) in [6.45, 7) is 6.33. The smallest absolute Gasteiger partial charge is 0.449 e. The molecule has 2 aliphatic carbocycles. The number of Topliss-reactive ketones (excluding diaryl/α,β-unsaturated/α-hetero) is 1. The third-order valence-corrected chi connectivity index (χ3v) is 9.75. The number of benzene rings is 1. The Balaban J connectivity index is 1.26. The average molecular weight is 573 g/mol. The lowest BCUT2D eigenvalue weighted by Crippen LogP contribution is -2.36. The highest BCUT2D eigenvalue weighted by molar-refractivity contribution is 6.16. The Morgan fingerprint density at radius 2 is 1.90 bits per heavy atom. The summed E-state index contributed by atoms with van der Waals surface area (Å²) in [5.41, 5.74) is 0.337. The second-order valence-electron chi connectivity index (χ2n) is 12.0. The lowest BCUT2D eigenvalue weighted by Gasteiger charge is -2.39. The standard InChI is InChI=1S/C32H39F3N2O4/c1-4-40-30(39)27-28-20(3)31(28,41-29(27)32(33,34)35)23-11-9-19(2)21(17-23)10-12-26(38)25-8-6-5-7-22(25)18-24-13-14-36-15-16-37-24/h5-8,15-16,19-21,23-24,28H,4,9-14,17-18H2,1-3H3. The fraction of sp³-hybridized carbons (Fsp3) is 0.625. The van der Waals surface area contributed by atoms with E-state index in [1.165, 1.54) is 0 Å². The van der Waals surface area contributed by atoms with E-state index in [2.05, 4.69) is 16.9 Å². The predicted octanol–water partition coefficient (Wildman–Crippen LogP) is 6.57. The summed E-state index contributed by atoms with van der Waals surface area (Å²) in [5, 5.41) is 0. The van der Waals surface area contributed by atoms with Gasteiger partial charge in [0.2, 0.25) is 5.76 Å². The normalized spacial score (nSPS) is 32.7. The number of halogens is 3. The molecule has 6 nitrogen and oxygen atoms in total. The molecular formula is C32H39F3N2O4. The van der Waals surface area contributed by atoms with Gasteiger partial charge in [0.25, 0.3) is 0 Å². The fourth-order valence-corrected chi connectivity index (χ4v) is 7.55. The van der Waals surface area contributed by atoms with Crippen LogP contribution in [0.4, 0.5) is 13.2 Å². The van der Waals surface area contributed by atoms with E-state index in [0.717, 1.165) is 30.4 Å². The summed E-state index contributed by atoms with van der Waals surface area (Å²) in [6, 6.07) is 7.78. The van der Waals surface area contributed by atoms with Crippen LogP contribution in [0.2, 0.25) is 0 Å². The first-order valence-electron chi connectivity index (χ1n) is 14.9. The van der Waals surface area contributed by atoms with Crippen molar-refractivity contribution in [2.45, 2.75) is 83.5 Å². The van der Waals surface area contributed by atoms with E-state index in [0.29, 0.717) is 38.1 Å². The molecule has 0 radical (unpaired) electrons. The van der Waals surface area contributed by atoms with E-state index in [1.807, 2.05) is 31.2 Å². The quantitative estimate of drug-likeness (QED) is 0.248. The first kappa shape index (κ1) is 29.5. The van der Waals surface area contributed by atoms with Gasteiger partial charge in [-0.25, -0.2) is 4.79 Å². The molecule has 2 fully saturated rings. The minimum absolute atomic E-state index is 0.00400. The number of hydrogen-bond acceptors (Lipinski definition) is 6. The zero-order valence-electron chi connectivity index (χ0n) is 24.0. The SMILES string of the molecule is CCOC(=O)C1=C(C(F)(F)F)OC2(C3CCC(C)C(CCC(=O)c4ccccc4CC4CCN=CC=N4)C3)C(C)C12. The summed E-state index contributed by atoms with van der Waals surface area (Å²) in [5.74, 6) is -2.41. The molecule has 4 aliphatic rings. The van der Waals surface area contributed by atoms with Crippen molar-refractivity contribution in [2.75, 3.05) is 13.2 Å². The van der Waals surface area contributed by atoms with Gasteiger partial charge in [-0.2, -0.15) is 13.2 Å². The lowest BCUT2D eigenvalue weighted by molar-refractivity contribution is -0.153. The van der Waals surface area contributed by atoms with Gasteiger partial charge >= 0.3 is 12.1 Å². The highest BCUT2D eigenvalue weighted by Crippen LogP contribution is 2.70. The van der Waals surface area contributed by atoms with Gasteiger partial charge in [-0.3, -0.25) is 14.8 Å². The molecule has 0 aromatic heterocycles. The highest BCUT2D eigenvalue weighted by atomic mass is 19.4. The maximum absolute atomic E-state index is 13.9. The second kappa shape index (κ2) is 11.7. The number of fused-ring (bicyclic) bond motifs is 1. The summed E-state index contributed by atoms with van der Waals surface area (Å²) < 4.78 is 52.6. The molecule has 0 bridgehead atoms. The molecule has 7 atom stereocenters. The van der Waals surface area contributed by atoms with E-state index in [4.69, 9.17) is 9.47 Å². The van der Waals surface area contributed by atoms with E-state index in [1.54, 1.807) is 19.4 Å². The third-order valence-electron chi connectivity index (χ3n) is 9.75. The zero-order chi connectivity index (χ0) is 29.4. The van der Waals surface area contributed by atoms with Crippen LogP contribution in [0.25, 0.3) is 0 Å². The van der Waals surface area contributed by atoms with Crippen molar-refractivity contribution >= 4 is 24.2 Å². The van der Waals surface area contributed by atoms with Crippen LogP contribution in [0.3, 0.4) is 0 Å². The van der Waals surface area contributed by atoms with Gasteiger partial charge in [-0.15, -0.1) is 0 Å². The molecule has 1 aromatic rings. The monoisotopic (exact) mass is 572 g/mol. The number of aliphatic imine (C=N–C) groups is 2. The highest BCUT2D eigenvalue weighted by Gasteiger charge is 2.77. The Bertz CT molecular complexity index is 1260. The minimum Gasteiger partial charge on any atom is -0.481 e. The molecule has 0 amide bonds. The number of alkyl halides is 3. The first-order valence-corrected chi connectivity index (χ1v) is 14.9. The number of hydrogen-bond donors (Lipinski definition) is 0. The van der Waals surface area contributed by atoms with Crippen LogP contribution in [-0.4, -0.2) is 55.2 Å². The van der Waals surface area contributed by atoms with Crippen molar-refractivity contribution < 1.29 is 32.2 Å². The Morgan fingerprint density at radius 1 is 1.12 bits per heavy atom. The maximum atomic E-state index is 13.9. The molecule has 2 heterocycles. The summed E-state index contributed by atoms with van der Waals surface area (Å²) >= 11 is 0. The third kappa shape index (κ3) is 5.73. The number of ketones is 1. The number of rotatable bonds is 9. The molecule has 0 saturated heterocycles. The van der Waals surface area contributed by atoms with E-state index >= 15 is 0 Å². The molecule has 9 heteroatoms. The van der Waals surface area contributed by atoms with Crippen molar-refractivity contribution in [3.63, 3.8) is 0 Å². The molecular weight excluding hydrogens is 533 g/mol. The zero-order valence-corrected chi connectivity index (χ0v) is 24.0. The van der Waals surface area contributed by atoms with Crippen molar-refractivity contribution in [3.8, 4) is 0 Å². The van der Waals surface area contributed by atoms with Crippen LogP contribution in [0.1, 0.15) is 75.2 Å². The van der Waals surface area contributed by atoms with Crippen LogP contribution in [0.15, 0.2) is 45.6 Å². The van der Waals surface area contributed by atoms with Crippen LogP contribution < -0.4 is 0 Å². The van der Waals surface area contributed by atoms with Crippen molar-refractivity contribution in [1.29, 1.82) is 0 Å². The van der Waals surface area contributed by atoms with Crippen LogP contribution in [-0.2, 0) is 20.7 Å². The molecule has 222 valence electrons. The van der Waals surface area contributed by atoms with Gasteiger partial charge in [0.15, 0.2) is 5.78 Å². The maximum Gasteiger partial charge on any atom is 0.449 e. The first-order chi connectivity index (χ1) is 19.6. The Hall–Kier alpha value is -2.97. The van der Waals surface area contributed by atoms with Gasteiger partial charge in [0.1, 0.15) is 5.60 Å². The lowest BCUT2D eigenvalue weighted by atomic mass is 9.69. The van der Waals surface area contributed by atoms with Gasteiger partial charge in [0, 0.05) is 42.8 Å².